The smallest absolute Gasteiger partial charge is 0.343 e. The van der Waals surface area contributed by atoms with Crippen LogP contribution in [0.15, 0.2) is 66.7 Å². The number of imidazole rings is 1. The molecule has 0 fully saturated rings. The predicted octanol–water partition coefficient (Wildman–Crippen LogP) is 4.05. The van der Waals surface area contributed by atoms with Gasteiger partial charge in [0.05, 0.1) is 25.3 Å². The number of aryl methyl sites for hydroxylation is 1. The molecule has 1 N–H and O–H groups in total. The fourth-order valence-electron chi connectivity index (χ4n) is 3.43. The molecule has 0 saturated carbocycles. The molecule has 168 valence electrons. The predicted molar refractivity (Wildman–Crippen MR) is 125 cm³/mol. The van der Waals surface area contributed by atoms with Crippen LogP contribution in [0.4, 0.5) is 5.69 Å². The number of esters is 1. The van der Waals surface area contributed by atoms with Crippen molar-refractivity contribution in [1.82, 2.24) is 9.55 Å². The first-order valence-electron chi connectivity index (χ1n) is 10.2. The van der Waals surface area contributed by atoms with Crippen molar-refractivity contribution in [3.05, 3.63) is 72.3 Å². The first-order valence-corrected chi connectivity index (χ1v) is 10.2. The van der Waals surface area contributed by atoms with Crippen LogP contribution in [0.1, 0.15) is 10.4 Å². The highest BCUT2D eigenvalue weighted by molar-refractivity contribution is 6.04. The number of carbonyl (C=O) groups is 2. The van der Waals surface area contributed by atoms with Gasteiger partial charge in [0.25, 0.3) is 5.91 Å². The van der Waals surface area contributed by atoms with Crippen LogP contribution in [0.3, 0.4) is 0 Å². The van der Waals surface area contributed by atoms with E-state index in [9.17, 15) is 9.59 Å². The van der Waals surface area contributed by atoms with Crippen LogP contribution < -0.4 is 14.8 Å². The van der Waals surface area contributed by atoms with E-state index in [1.807, 2.05) is 60.1 Å². The van der Waals surface area contributed by atoms with Crippen molar-refractivity contribution < 1.29 is 23.8 Å². The monoisotopic (exact) mass is 445 g/mol. The molecule has 0 aliphatic rings. The zero-order valence-electron chi connectivity index (χ0n) is 18.5. The lowest BCUT2D eigenvalue weighted by atomic mass is 10.1. The van der Waals surface area contributed by atoms with Gasteiger partial charge < -0.3 is 24.1 Å². The summed E-state index contributed by atoms with van der Waals surface area (Å²) in [5.41, 5.74) is 3.96. The van der Waals surface area contributed by atoms with Gasteiger partial charge in [-0.3, -0.25) is 4.79 Å². The molecule has 33 heavy (non-hydrogen) atoms. The number of methoxy groups -OCH3 is 2. The summed E-state index contributed by atoms with van der Waals surface area (Å²) in [6, 6.07) is 20.2. The molecule has 8 nitrogen and oxygen atoms in total. The van der Waals surface area contributed by atoms with Gasteiger partial charge in [0.15, 0.2) is 18.1 Å². The molecular formula is C25H23N3O5. The molecule has 3 aromatic carbocycles. The van der Waals surface area contributed by atoms with E-state index in [1.165, 1.54) is 14.2 Å². The van der Waals surface area contributed by atoms with Crippen molar-refractivity contribution in [2.45, 2.75) is 0 Å². The zero-order chi connectivity index (χ0) is 23.4. The molecule has 0 aliphatic heterocycles. The Balaban J connectivity index is 1.48. The van der Waals surface area contributed by atoms with E-state index in [0.717, 1.165) is 22.4 Å². The Labute approximate surface area is 190 Å². The highest BCUT2D eigenvalue weighted by Gasteiger charge is 2.14. The molecule has 4 rings (SSSR count). The summed E-state index contributed by atoms with van der Waals surface area (Å²) < 4.78 is 17.3. The van der Waals surface area contributed by atoms with Crippen LogP contribution in [0.25, 0.3) is 22.4 Å². The van der Waals surface area contributed by atoms with Crippen LogP contribution in [0.2, 0.25) is 0 Å². The Morgan fingerprint density at radius 2 is 1.73 bits per heavy atom. The van der Waals surface area contributed by atoms with Crippen molar-refractivity contribution in [2.75, 3.05) is 26.1 Å². The van der Waals surface area contributed by atoms with E-state index in [0.29, 0.717) is 22.7 Å². The number of aromatic nitrogens is 2. The number of nitrogens with one attached hydrogen (secondary N) is 1. The second-order valence-corrected chi connectivity index (χ2v) is 7.25. The molecular weight excluding hydrogens is 422 g/mol. The zero-order valence-corrected chi connectivity index (χ0v) is 18.5. The largest absolute Gasteiger partial charge is 0.493 e. The second kappa shape index (κ2) is 9.44. The Hall–Kier alpha value is -4.33. The number of nitrogens with zero attached hydrogens (tertiary/aromatic N) is 2. The second-order valence-electron chi connectivity index (χ2n) is 7.25. The SMILES string of the molecule is COC(=O)COc1ccc(C(=O)Nc2ccc(-c3nc4ccccc4n3C)cc2)cc1OC. The number of ether oxygens (including phenoxy) is 3. The van der Waals surface area contributed by atoms with Gasteiger partial charge in [-0.2, -0.15) is 0 Å². The van der Waals surface area contributed by atoms with Gasteiger partial charge in [-0.05, 0) is 54.6 Å². The number of benzene rings is 3. The minimum atomic E-state index is -0.513. The minimum absolute atomic E-state index is 0.254. The van der Waals surface area contributed by atoms with Crippen molar-refractivity contribution in [3.63, 3.8) is 0 Å². The van der Waals surface area contributed by atoms with Crippen LogP contribution in [-0.2, 0) is 16.6 Å². The quantitative estimate of drug-likeness (QED) is 0.432. The molecule has 0 bridgehead atoms. The normalized spacial score (nSPS) is 10.6. The van der Waals surface area contributed by atoms with Crippen molar-refractivity contribution >= 4 is 28.6 Å². The van der Waals surface area contributed by atoms with E-state index in [4.69, 9.17) is 14.5 Å². The summed E-state index contributed by atoms with van der Waals surface area (Å²) in [4.78, 5) is 28.7. The standard InChI is InChI=1S/C25H23N3O5/c1-28-20-7-5-4-6-19(20)27-24(28)16-8-11-18(12-9-16)26-25(30)17-10-13-21(22(14-17)31-2)33-15-23(29)32-3/h4-14H,15H2,1-3H3,(H,26,30). The maximum atomic E-state index is 12.7. The average molecular weight is 445 g/mol. The third-order valence-corrected chi connectivity index (χ3v) is 5.19. The topological polar surface area (TPSA) is 91.7 Å². The number of rotatable bonds is 7. The van der Waals surface area contributed by atoms with Gasteiger partial charge in [0, 0.05) is 23.9 Å². The number of fused-ring (bicyclic) bond motifs is 1. The van der Waals surface area contributed by atoms with Gasteiger partial charge in [0.2, 0.25) is 0 Å². The van der Waals surface area contributed by atoms with Gasteiger partial charge >= 0.3 is 5.97 Å². The fourth-order valence-corrected chi connectivity index (χ4v) is 3.43. The van der Waals surface area contributed by atoms with Crippen LogP contribution >= 0.6 is 0 Å². The van der Waals surface area contributed by atoms with E-state index in [-0.39, 0.29) is 12.5 Å². The third kappa shape index (κ3) is 4.64. The number of anilines is 1. The van der Waals surface area contributed by atoms with Crippen molar-refractivity contribution in [3.8, 4) is 22.9 Å². The van der Waals surface area contributed by atoms with Crippen LogP contribution in [0.5, 0.6) is 11.5 Å². The molecule has 8 heteroatoms. The van der Waals surface area contributed by atoms with E-state index in [1.54, 1.807) is 18.2 Å². The molecule has 0 spiro atoms. The molecule has 0 saturated heterocycles. The molecule has 0 unspecified atom stereocenters. The lowest BCUT2D eigenvalue weighted by Crippen LogP contribution is -2.14. The van der Waals surface area contributed by atoms with E-state index < -0.39 is 5.97 Å². The van der Waals surface area contributed by atoms with Crippen LogP contribution in [-0.4, -0.2) is 42.3 Å². The van der Waals surface area contributed by atoms with E-state index in [2.05, 4.69) is 10.1 Å². The summed E-state index contributed by atoms with van der Waals surface area (Å²) in [5, 5.41) is 2.87. The number of hydrogen-bond donors (Lipinski definition) is 1. The summed E-state index contributed by atoms with van der Waals surface area (Å²) in [7, 11) is 4.72. The summed E-state index contributed by atoms with van der Waals surface area (Å²) in [6.07, 6.45) is 0. The van der Waals surface area contributed by atoms with Gasteiger partial charge in [-0.15, -0.1) is 0 Å². The lowest BCUT2D eigenvalue weighted by Gasteiger charge is -2.12. The van der Waals surface area contributed by atoms with Gasteiger partial charge in [-0.1, -0.05) is 12.1 Å². The molecule has 4 aromatic rings. The Bertz CT molecular complexity index is 1310. The number of carbonyl (C=O) groups excluding carboxylic acids is 2. The minimum Gasteiger partial charge on any atom is -0.493 e. The fraction of sp³-hybridized carbons (Fsp3) is 0.160. The Kier molecular flexibility index (Phi) is 6.26. The van der Waals surface area contributed by atoms with Crippen molar-refractivity contribution in [1.29, 1.82) is 0 Å². The highest BCUT2D eigenvalue weighted by Crippen LogP contribution is 2.29. The third-order valence-electron chi connectivity index (χ3n) is 5.19. The van der Waals surface area contributed by atoms with Gasteiger partial charge in [0.1, 0.15) is 5.82 Å². The van der Waals surface area contributed by atoms with Gasteiger partial charge in [-0.25, -0.2) is 9.78 Å². The lowest BCUT2D eigenvalue weighted by molar-refractivity contribution is -0.142. The Morgan fingerprint density at radius 3 is 2.42 bits per heavy atom. The summed E-state index contributed by atoms with van der Waals surface area (Å²) >= 11 is 0. The summed E-state index contributed by atoms with van der Waals surface area (Å²) in [5.74, 6) is 0.709. The maximum Gasteiger partial charge on any atom is 0.343 e. The number of para-hydroxylation sites is 2. The first kappa shape index (κ1) is 21.9. The molecule has 0 aliphatic carbocycles. The number of hydrogen-bond acceptors (Lipinski definition) is 6. The highest BCUT2D eigenvalue weighted by atomic mass is 16.6. The molecule has 0 radical (unpaired) electrons. The molecule has 1 amide bonds. The van der Waals surface area contributed by atoms with E-state index >= 15 is 0 Å². The summed E-state index contributed by atoms with van der Waals surface area (Å²) in [6.45, 7) is -0.254. The molecule has 0 atom stereocenters. The average Bonchev–Trinajstić information content (AvgIpc) is 3.19. The first-order chi connectivity index (χ1) is 16.0. The number of amides is 1. The molecule has 1 heterocycles. The van der Waals surface area contributed by atoms with Crippen molar-refractivity contribution in [2.24, 2.45) is 7.05 Å². The maximum absolute atomic E-state index is 12.7. The Morgan fingerprint density at radius 1 is 0.970 bits per heavy atom. The van der Waals surface area contributed by atoms with Crippen LogP contribution in [0, 0.1) is 0 Å². The molecule has 1 aromatic heterocycles.